The van der Waals surface area contributed by atoms with Crippen molar-refractivity contribution in [3.05, 3.63) is 83.0 Å². The first-order valence-corrected chi connectivity index (χ1v) is 9.33. The van der Waals surface area contributed by atoms with Gasteiger partial charge in [0.05, 0.1) is 11.3 Å². The molecule has 140 valence electrons. The number of halogens is 1. The zero-order chi connectivity index (χ0) is 18.7. The Balaban J connectivity index is 0.00000120. The van der Waals surface area contributed by atoms with Crippen LogP contribution in [0, 0.1) is 33.8 Å². The van der Waals surface area contributed by atoms with E-state index >= 15 is 0 Å². The van der Waals surface area contributed by atoms with Crippen molar-refractivity contribution in [1.29, 1.82) is 0 Å². The van der Waals surface area contributed by atoms with Gasteiger partial charge in [-0.1, -0.05) is 29.7 Å². The largest absolute Gasteiger partial charge is 2.00 e. The molecule has 0 spiro atoms. The van der Waals surface area contributed by atoms with E-state index in [0.29, 0.717) is 0 Å². The van der Waals surface area contributed by atoms with Gasteiger partial charge in [0, 0.05) is 17.3 Å². The smallest absolute Gasteiger partial charge is 1.00 e. The van der Waals surface area contributed by atoms with Gasteiger partial charge in [0.15, 0.2) is 0 Å². The molecule has 0 aliphatic rings. The second kappa shape index (κ2) is 8.09. The van der Waals surface area contributed by atoms with Crippen molar-refractivity contribution in [3.63, 3.8) is 0 Å². The van der Waals surface area contributed by atoms with Gasteiger partial charge in [-0.15, -0.1) is 29.7 Å². The number of aromatic nitrogens is 2. The van der Waals surface area contributed by atoms with Crippen molar-refractivity contribution in [2.75, 3.05) is 0 Å². The Labute approximate surface area is 197 Å². The van der Waals surface area contributed by atoms with Crippen molar-refractivity contribution in [3.8, 4) is 11.3 Å². The molecule has 0 radical (unpaired) electrons. The summed E-state index contributed by atoms with van der Waals surface area (Å²) in [6, 6.07) is 20.7. The van der Waals surface area contributed by atoms with Crippen LogP contribution in [0.15, 0.2) is 54.7 Å². The number of hydrogen-bond acceptors (Lipinski definition) is 1. The van der Waals surface area contributed by atoms with Gasteiger partial charge < -0.3 is 21.4 Å². The van der Waals surface area contributed by atoms with Crippen LogP contribution in [0.3, 0.4) is 0 Å². The summed E-state index contributed by atoms with van der Waals surface area (Å²) >= 11 is 0. The van der Waals surface area contributed by atoms with Crippen LogP contribution >= 0.6 is 0 Å². The molecule has 0 aliphatic carbocycles. The summed E-state index contributed by atoms with van der Waals surface area (Å²) in [5.74, 6) is 0. The van der Waals surface area contributed by atoms with Crippen LogP contribution in [0.1, 0.15) is 22.3 Å². The summed E-state index contributed by atoms with van der Waals surface area (Å²) in [7, 11) is 0. The maximum Gasteiger partial charge on any atom is 2.00 e. The Kier molecular flexibility index (Phi) is 6.09. The van der Waals surface area contributed by atoms with Crippen molar-refractivity contribution < 1.29 is 17.0 Å². The van der Waals surface area contributed by atoms with Gasteiger partial charge in [0.2, 0.25) is 0 Å². The predicted octanol–water partition coefficient (Wildman–Crippen LogP) is 2.96. The van der Waals surface area contributed by atoms with Gasteiger partial charge in [-0.2, -0.15) is 0 Å². The number of fused-ring (bicyclic) bond motifs is 6. The minimum atomic E-state index is 0. The normalized spacial score (nSPS) is 10.9. The third kappa shape index (κ3) is 3.27. The first kappa shape index (κ1) is 21.8. The molecule has 5 rings (SSSR count). The molecule has 0 atom stereocenters. The number of aryl methyl sites for hydroxylation is 4. The Morgan fingerprint density at radius 3 is 2.24 bits per heavy atom. The van der Waals surface area contributed by atoms with Gasteiger partial charge in [-0.25, -0.2) is 0 Å². The molecule has 2 heterocycles. The van der Waals surface area contributed by atoms with Gasteiger partial charge in [0.25, 0.3) is 0 Å². The molecule has 0 saturated heterocycles. The average molecular weight is 454 g/mol. The van der Waals surface area contributed by atoms with E-state index in [4.69, 9.17) is 4.98 Å². The first-order valence-electron chi connectivity index (χ1n) is 9.33. The van der Waals surface area contributed by atoms with Crippen molar-refractivity contribution in [2.45, 2.75) is 27.7 Å². The van der Waals surface area contributed by atoms with Crippen LogP contribution in [0.5, 0.6) is 0 Å². The molecule has 0 bridgehead atoms. The summed E-state index contributed by atoms with van der Waals surface area (Å²) in [5, 5.41) is 3.54. The molecule has 0 unspecified atom stereocenters. The number of rotatable bonds is 1. The first-order chi connectivity index (χ1) is 13.1. The van der Waals surface area contributed by atoms with Crippen molar-refractivity contribution in [1.82, 2.24) is 9.38 Å². The molecule has 0 saturated carbocycles. The third-order valence-electron chi connectivity index (χ3n) is 5.72. The van der Waals surface area contributed by atoms with Crippen LogP contribution in [-0.2, 0) is 0 Å². The summed E-state index contributed by atoms with van der Waals surface area (Å²) in [6.07, 6.45) is 2.01. The van der Waals surface area contributed by atoms with E-state index in [-0.39, 0.29) is 40.0 Å². The maximum absolute atomic E-state index is 4.84. The second-order valence-corrected chi connectivity index (χ2v) is 7.48. The zero-order valence-corrected chi connectivity index (χ0v) is 20.2. The molecular weight excluding hydrogens is 432 g/mol. The summed E-state index contributed by atoms with van der Waals surface area (Å²) in [5.41, 5.74) is 9.73. The van der Waals surface area contributed by atoms with Gasteiger partial charge in [0.1, 0.15) is 0 Å². The Morgan fingerprint density at radius 1 is 0.828 bits per heavy atom. The van der Waals surface area contributed by atoms with Crippen LogP contribution in [0.25, 0.3) is 38.6 Å². The molecule has 0 aliphatic heterocycles. The minimum absolute atomic E-state index is 0. The topological polar surface area (TPSA) is 17.3 Å². The molecule has 0 amide bonds. The van der Waals surface area contributed by atoms with E-state index < -0.39 is 0 Å². The van der Waals surface area contributed by atoms with Crippen molar-refractivity contribution >= 4 is 50.4 Å². The minimum Gasteiger partial charge on any atom is -1.00 e. The molecule has 5 aromatic rings. The Bertz CT molecular complexity index is 1350. The molecule has 3 aromatic carbocycles. The standard InChI is InChI=1S/C25H21N2.BrH.Mg/c1-15-8-7-9-16(2)24(15)23-14-26-25-20-11-6-5-10-19(20)21-12-17(3)18(4)13-22(21)27(23)25;;/h5-10,12-14H,1-4H3;1H;/q-1;;+2/p-1. The summed E-state index contributed by atoms with van der Waals surface area (Å²) < 4.78 is 2.32. The number of imidazole rings is 1. The van der Waals surface area contributed by atoms with Crippen LogP contribution in [0.4, 0.5) is 0 Å². The van der Waals surface area contributed by atoms with Crippen LogP contribution < -0.4 is 17.0 Å². The van der Waals surface area contributed by atoms with Crippen LogP contribution in [0.2, 0.25) is 0 Å². The fraction of sp³-hybridized carbons (Fsp3) is 0.160. The van der Waals surface area contributed by atoms with E-state index in [0.717, 1.165) is 16.7 Å². The predicted molar refractivity (Wildman–Crippen MR) is 119 cm³/mol. The maximum atomic E-state index is 4.84. The third-order valence-corrected chi connectivity index (χ3v) is 5.72. The fourth-order valence-corrected chi connectivity index (χ4v) is 4.21. The number of benzene rings is 3. The average Bonchev–Trinajstić information content (AvgIpc) is 3.08. The number of nitrogens with zero attached hydrogens (tertiary/aromatic N) is 2. The van der Waals surface area contributed by atoms with Crippen LogP contribution in [-0.4, -0.2) is 32.4 Å². The van der Waals surface area contributed by atoms with E-state index in [1.165, 1.54) is 44.1 Å². The van der Waals surface area contributed by atoms with Crippen molar-refractivity contribution in [2.24, 2.45) is 0 Å². The van der Waals surface area contributed by atoms with E-state index in [1.54, 1.807) is 0 Å². The van der Waals surface area contributed by atoms with E-state index in [9.17, 15) is 0 Å². The SMILES string of the molecule is Cc1cc2c3ccc[c-]c3c3ncc(-c4c(C)cccc4C)n3c2cc1C.[Br-].[Mg+2]. The monoisotopic (exact) mass is 452 g/mol. The summed E-state index contributed by atoms with van der Waals surface area (Å²) in [6.45, 7) is 8.70. The Hall–Kier alpha value is -1.88. The molecule has 2 aromatic heterocycles. The van der Waals surface area contributed by atoms with E-state index in [1.807, 2.05) is 12.3 Å². The zero-order valence-electron chi connectivity index (χ0n) is 17.2. The molecule has 0 N–H and O–H groups in total. The molecule has 4 heteroatoms. The quantitative estimate of drug-likeness (QED) is 0.217. The summed E-state index contributed by atoms with van der Waals surface area (Å²) in [4.78, 5) is 4.84. The number of hydrogen-bond donors (Lipinski definition) is 0. The van der Waals surface area contributed by atoms with Gasteiger partial charge in [-0.3, -0.25) is 4.98 Å². The Morgan fingerprint density at radius 2 is 1.52 bits per heavy atom. The molecule has 29 heavy (non-hydrogen) atoms. The van der Waals surface area contributed by atoms with Gasteiger partial charge in [-0.05, 0) is 61.4 Å². The number of pyridine rings is 1. The second-order valence-electron chi connectivity index (χ2n) is 7.48. The van der Waals surface area contributed by atoms with E-state index in [2.05, 4.69) is 80.6 Å². The molecule has 0 fully saturated rings. The van der Waals surface area contributed by atoms with Gasteiger partial charge >= 0.3 is 23.1 Å². The molecular formula is C25H21BrMgN2. The fourth-order valence-electron chi connectivity index (χ4n) is 4.21. The molecule has 2 nitrogen and oxygen atoms in total.